The zero-order valence-corrected chi connectivity index (χ0v) is 14.3. The molecule has 0 radical (unpaired) electrons. The van der Waals surface area contributed by atoms with Gasteiger partial charge >= 0.3 is 0 Å². The third-order valence-corrected chi connectivity index (χ3v) is 4.64. The summed E-state index contributed by atoms with van der Waals surface area (Å²) >= 11 is 1.37. The van der Waals surface area contributed by atoms with Gasteiger partial charge in [-0.3, -0.25) is 10.1 Å². The van der Waals surface area contributed by atoms with Gasteiger partial charge in [-0.15, -0.1) is 16.4 Å². The molecule has 0 bridgehead atoms. The molecule has 0 saturated heterocycles. The first-order chi connectivity index (χ1) is 12.5. The average molecular weight is 370 g/mol. The Morgan fingerprint density at radius 3 is 2.69 bits per heavy atom. The lowest BCUT2D eigenvalue weighted by molar-refractivity contribution is 0.102. The fraction of sp³-hybridized carbons (Fsp3) is 0.0556. The number of nitrogens with one attached hydrogen (secondary N) is 1. The maximum absolute atomic E-state index is 13.7. The summed E-state index contributed by atoms with van der Waals surface area (Å²) in [6, 6.07) is 10.6. The van der Waals surface area contributed by atoms with E-state index in [0.29, 0.717) is 4.96 Å². The number of thiazole rings is 1. The van der Waals surface area contributed by atoms with Crippen LogP contribution in [0.4, 0.5) is 14.7 Å². The number of halogens is 2. The molecule has 1 N–H and O–H groups in total. The second-order valence-corrected chi connectivity index (χ2v) is 6.53. The number of anilines is 1. The predicted octanol–water partition coefficient (Wildman–Crippen LogP) is 4.30. The van der Waals surface area contributed by atoms with Gasteiger partial charge in [0.05, 0.1) is 11.3 Å². The van der Waals surface area contributed by atoms with E-state index in [0.717, 1.165) is 35.0 Å². The number of carbonyl (C=O) groups excluding carboxylic acids is 1. The molecule has 0 aliphatic rings. The predicted molar refractivity (Wildman–Crippen MR) is 95.3 cm³/mol. The second kappa shape index (κ2) is 6.30. The van der Waals surface area contributed by atoms with E-state index in [-0.39, 0.29) is 5.95 Å². The molecule has 130 valence electrons. The molecule has 0 spiro atoms. The summed E-state index contributed by atoms with van der Waals surface area (Å²) in [6.45, 7) is 2.00. The van der Waals surface area contributed by atoms with Gasteiger partial charge in [0.2, 0.25) is 4.96 Å². The maximum Gasteiger partial charge on any atom is 0.261 e. The van der Waals surface area contributed by atoms with Crippen LogP contribution < -0.4 is 5.32 Å². The van der Waals surface area contributed by atoms with Crippen LogP contribution in [0.5, 0.6) is 0 Å². The number of nitrogens with zero attached hydrogens (tertiary/aromatic N) is 3. The minimum Gasteiger partial charge on any atom is -0.289 e. The van der Waals surface area contributed by atoms with Gasteiger partial charge in [0, 0.05) is 10.9 Å². The van der Waals surface area contributed by atoms with Gasteiger partial charge in [-0.05, 0) is 25.1 Å². The first kappa shape index (κ1) is 16.3. The Kier molecular flexibility index (Phi) is 3.96. The zero-order valence-electron chi connectivity index (χ0n) is 13.5. The lowest BCUT2D eigenvalue weighted by Gasteiger charge is -2.03. The second-order valence-electron chi connectivity index (χ2n) is 5.70. The largest absolute Gasteiger partial charge is 0.289 e. The molecule has 0 aliphatic heterocycles. The molecule has 0 unspecified atom stereocenters. The Bertz CT molecular complexity index is 1120. The van der Waals surface area contributed by atoms with Crippen LogP contribution in [0.15, 0.2) is 47.8 Å². The maximum atomic E-state index is 13.7. The lowest BCUT2D eigenvalue weighted by atomic mass is 10.1. The van der Waals surface area contributed by atoms with Gasteiger partial charge in [-0.25, -0.2) is 13.3 Å². The van der Waals surface area contributed by atoms with Crippen molar-refractivity contribution in [2.75, 3.05) is 5.32 Å². The van der Waals surface area contributed by atoms with Crippen LogP contribution in [0.25, 0.3) is 16.2 Å². The summed E-state index contributed by atoms with van der Waals surface area (Å²) in [7, 11) is 0. The van der Waals surface area contributed by atoms with E-state index in [9.17, 15) is 13.6 Å². The smallest absolute Gasteiger partial charge is 0.261 e. The number of hydrogen-bond acceptors (Lipinski definition) is 4. The van der Waals surface area contributed by atoms with Gasteiger partial charge < -0.3 is 0 Å². The van der Waals surface area contributed by atoms with Crippen molar-refractivity contribution in [1.82, 2.24) is 14.6 Å². The molecular formula is C18H12F2N4OS. The van der Waals surface area contributed by atoms with Gasteiger partial charge in [-0.1, -0.05) is 29.8 Å². The number of benzene rings is 2. The van der Waals surface area contributed by atoms with Crippen molar-refractivity contribution in [3.8, 4) is 11.3 Å². The van der Waals surface area contributed by atoms with E-state index in [1.165, 1.54) is 11.3 Å². The lowest BCUT2D eigenvalue weighted by Crippen LogP contribution is -2.15. The van der Waals surface area contributed by atoms with Crippen molar-refractivity contribution in [1.29, 1.82) is 0 Å². The van der Waals surface area contributed by atoms with Crippen LogP contribution >= 0.6 is 11.3 Å². The van der Waals surface area contributed by atoms with E-state index in [1.54, 1.807) is 4.52 Å². The summed E-state index contributed by atoms with van der Waals surface area (Å²) < 4.78 is 28.6. The molecule has 2 aromatic carbocycles. The highest BCUT2D eigenvalue weighted by Gasteiger charge is 2.17. The van der Waals surface area contributed by atoms with Gasteiger partial charge in [-0.2, -0.15) is 4.98 Å². The molecule has 4 rings (SSSR count). The summed E-state index contributed by atoms with van der Waals surface area (Å²) in [6.07, 6.45) is 0. The summed E-state index contributed by atoms with van der Waals surface area (Å²) in [5, 5.41) is 8.58. The van der Waals surface area contributed by atoms with Crippen LogP contribution in [-0.2, 0) is 0 Å². The number of amides is 1. The minimum atomic E-state index is -0.815. The van der Waals surface area contributed by atoms with Crippen molar-refractivity contribution in [3.05, 3.63) is 70.6 Å². The van der Waals surface area contributed by atoms with E-state index in [1.807, 2.05) is 36.6 Å². The van der Waals surface area contributed by atoms with Crippen LogP contribution in [0.3, 0.4) is 0 Å². The molecule has 0 atom stereocenters. The number of aryl methyl sites for hydroxylation is 1. The number of aromatic nitrogens is 3. The standard InChI is InChI=1S/C18H12F2N4OS/c1-10-2-4-11(5-3-10)15-9-26-18-22-17(23-24(15)18)21-16(25)13-8-12(19)6-7-14(13)20/h2-9H,1H3,(H,21,23,25). The van der Waals surface area contributed by atoms with Crippen LogP contribution in [0.1, 0.15) is 15.9 Å². The van der Waals surface area contributed by atoms with E-state index in [2.05, 4.69) is 15.4 Å². The first-order valence-corrected chi connectivity index (χ1v) is 8.57. The molecule has 1 amide bonds. The van der Waals surface area contributed by atoms with Gasteiger partial charge in [0.1, 0.15) is 11.6 Å². The highest BCUT2D eigenvalue weighted by atomic mass is 32.1. The summed E-state index contributed by atoms with van der Waals surface area (Å²) in [5.41, 5.74) is 2.53. The van der Waals surface area contributed by atoms with E-state index >= 15 is 0 Å². The fourth-order valence-corrected chi connectivity index (χ4v) is 3.33. The SMILES string of the molecule is Cc1ccc(-c2csc3nc(NC(=O)c4cc(F)ccc4F)nn23)cc1. The Morgan fingerprint density at radius 2 is 1.92 bits per heavy atom. The van der Waals surface area contributed by atoms with Crippen molar-refractivity contribution >= 4 is 28.2 Å². The topological polar surface area (TPSA) is 59.3 Å². The number of carbonyl (C=O) groups is 1. The minimum absolute atomic E-state index is 0.0267. The number of rotatable bonds is 3. The third-order valence-electron chi connectivity index (χ3n) is 3.83. The van der Waals surface area contributed by atoms with Gasteiger partial charge in [0.15, 0.2) is 0 Å². The number of hydrogen-bond donors (Lipinski definition) is 1. The van der Waals surface area contributed by atoms with Crippen molar-refractivity contribution in [2.45, 2.75) is 6.92 Å². The van der Waals surface area contributed by atoms with Crippen molar-refractivity contribution in [3.63, 3.8) is 0 Å². The highest BCUT2D eigenvalue weighted by molar-refractivity contribution is 7.15. The van der Waals surface area contributed by atoms with Crippen molar-refractivity contribution < 1.29 is 13.6 Å². The van der Waals surface area contributed by atoms with Crippen molar-refractivity contribution in [2.24, 2.45) is 0 Å². The molecule has 0 fully saturated rings. The van der Waals surface area contributed by atoms with Crippen LogP contribution in [0, 0.1) is 18.6 Å². The molecule has 2 aromatic heterocycles. The molecule has 0 aliphatic carbocycles. The Hall–Kier alpha value is -3.13. The molecule has 2 heterocycles. The zero-order chi connectivity index (χ0) is 18.3. The van der Waals surface area contributed by atoms with Crippen LogP contribution in [0.2, 0.25) is 0 Å². The van der Waals surface area contributed by atoms with Gasteiger partial charge in [0.25, 0.3) is 11.9 Å². The molecular weight excluding hydrogens is 358 g/mol. The Balaban J connectivity index is 1.65. The molecule has 0 saturated carbocycles. The molecule has 4 aromatic rings. The molecule has 5 nitrogen and oxygen atoms in total. The third kappa shape index (κ3) is 2.95. The van der Waals surface area contributed by atoms with E-state index < -0.39 is 23.1 Å². The quantitative estimate of drug-likeness (QED) is 0.585. The number of fused-ring (bicyclic) bond motifs is 1. The summed E-state index contributed by atoms with van der Waals surface area (Å²) in [5.74, 6) is -2.29. The average Bonchev–Trinajstić information content (AvgIpc) is 3.18. The van der Waals surface area contributed by atoms with Crippen LogP contribution in [-0.4, -0.2) is 20.5 Å². The molecule has 26 heavy (non-hydrogen) atoms. The Labute approximate surface area is 150 Å². The summed E-state index contributed by atoms with van der Waals surface area (Å²) in [4.78, 5) is 17.0. The van der Waals surface area contributed by atoms with E-state index in [4.69, 9.17) is 0 Å². The monoisotopic (exact) mass is 370 g/mol. The fourth-order valence-electron chi connectivity index (χ4n) is 2.50. The highest BCUT2D eigenvalue weighted by Crippen LogP contribution is 2.26. The first-order valence-electron chi connectivity index (χ1n) is 7.69. The molecule has 8 heteroatoms. The Morgan fingerprint density at radius 1 is 1.15 bits per heavy atom. The normalized spacial score (nSPS) is 11.0.